The van der Waals surface area contributed by atoms with Crippen molar-refractivity contribution in [3.8, 4) is 0 Å². The number of hydrogen-bond acceptors (Lipinski definition) is 5. The van der Waals surface area contributed by atoms with Gasteiger partial charge in [-0.1, -0.05) is 36.4 Å². The van der Waals surface area contributed by atoms with Crippen molar-refractivity contribution in [2.24, 2.45) is 0 Å². The van der Waals surface area contributed by atoms with Gasteiger partial charge in [-0.25, -0.2) is 4.39 Å². The minimum atomic E-state index is -0.724. The lowest BCUT2D eigenvalue weighted by atomic mass is 10.0. The summed E-state index contributed by atoms with van der Waals surface area (Å²) >= 11 is 0. The molecule has 3 aromatic carbocycles. The standard InChI is InChI=1S/C27H18FNO5/c1-14-10-11-16(12-19(14)28)24(31)26-23(18-7-3-4-9-21(18)33-26)29-27(32)22-13-20(30)17-8-5-6-15(2)25(17)34-22/h3-13H,1-2H3,(H,29,32). The van der Waals surface area contributed by atoms with Crippen LogP contribution in [0.25, 0.3) is 21.9 Å². The Balaban J connectivity index is 1.60. The summed E-state index contributed by atoms with van der Waals surface area (Å²) in [6, 6.07) is 17.1. The van der Waals surface area contributed by atoms with E-state index in [4.69, 9.17) is 8.83 Å². The van der Waals surface area contributed by atoms with E-state index in [9.17, 15) is 18.8 Å². The molecule has 2 heterocycles. The van der Waals surface area contributed by atoms with E-state index in [1.165, 1.54) is 12.1 Å². The smallest absolute Gasteiger partial charge is 0.291 e. The summed E-state index contributed by atoms with van der Waals surface area (Å²) in [5, 5.41) is 3.50. The summed E-state index contributed by atoms with van der Waals surface area (Å²) in [6.45, 7) is 3.36. The van der Waals surface area contributed by atoms with Gasteiger partial charge >= 0.3 is 0 Å². The van der Waals surface area contributed by atoms with Crippen LogP contribution in [0.3, 0.4) is 0 Å². The largest absolute Gasteiger partial charge is 0.450 e. The predicted octanol–water partition coefficient (Wildman–Crippen LogP) is 5.78. The quantitative estimate of drug-likeness (QED) is 0.347. The monoisotopic (exact) mass is 455 g/mol. The van der Waals surface area contributed by atoms with E-state index < -0.39 is 17.5 Å². The molecule has 0 atom stereocenters. The topological polar surface area (TPSA) is 89.5 Å². The first-order valence-electron chi connectivity index (χ1n) is 10.5. The lowest BCUT2D eigenvalue weighted by Gasteiger charge is -2.08. The van der Waals surface area contributed by atoms with E-state index >= 15 is 0 Å². The van der Waals surface area contributed by atoms with Gasteiger partial charge in [0, 0.05) is 17.0 Å². The molecule has 1 amide bonds. The van der Waals surface area contributed by atoms with Gasteiger partial charge in [0.1, 0.15) is 17.0 Å². The first-order chi connectivity index (χ1) is 16.3. The zero-order valence-corrected chi connectivity index (χ0v) is 18.3. The van der Waals surface area contributed by atoms with Crippen LogP contribution in [0.5, 0.6) is 0 Å². The number of rotatable bonds is 4. The van der Waals surface area contributed by atoms with Gasteiger partial charge in [-0.2, -0.15) is 0 Å². The van der Waals surface area contributed by atoms with Crippen LogP contribution in [0.4, 0.5) is 10.1 Å². The Kier molecular flexibility index (Phi) is 5.09. The Morgan fingerprint density at radius 3 is 2.41 bits per heavy atom. The number of benzene rings is 3. The molecule has 34 heavy (non-hydrogen) atoms. The molecule has 0 aliphatic carbocycles. The van der Waals surface area contributed by atoms with Crippen molar-refractivity contribution in [2.45, 2.75) is 13.8 Å². The summed E-state index contributed by atoms with van der Waals surface area (Å²) in [5.41, 5.74) is 1.60. The van der Waals surface area contributed by atoms with E-state index in [1.807, 2.05) is 0 Å². The molecule has 0 saturated carbocycles. The highest BCUT2D eigenvalue weighted by molar-refractivity contribution is 6.18. The molecule has 5 aromatic rings. The van der Waals surface area contributed by atoms with Gasteiger partial charge in [0.05, 0.1) is 11.1 Å². The van der Waals surface area contributed by atoms with Gasteiger partial charge in [-0.05, 0) is 49.2 Å². The van der Waals surface area contributed by atoms with E-state index in [-0.39, 0.29) is 28.2 Å². The molecule has 0 aliphatic rings. The first-order valence-corrected chi connectivity index (χ1v) is 10.5. The summed E-state index contributed by atoms with van der Waals surface area (Å²) in [4.78, 5) is 38.9. The second-order valence-corrected chi connectivity index (χ2v) is 7.98. The number of halogens is 1. The van der Waals surface area contributed by atoms with Gasteiger partial charge in [0.25, 0.3) is 5.91 Å². The molecule has 0 aliphatic heterocycles. The first kappa shape index (κ1) is 21.3. The summed E-state index contributed by atoms with van der Waals surface area (Å²) < 4.78 is 25.6. The minimum Gasteiger partial charge on any atom is -0.450 e. The second-order valence-electron chi connectivity index (χ2n) is 7.98. The van der Waals surface area contributed by atoms with Gasteiger partial charge in [-0.3, -0.25) is 14.4 Å². The van der Waals surface area contributed by atoms with E-state index in [1.54, 1.807) is 56.3 Å². The molecule has 2 aromatic heterocycles. The van der Waals surface area contributed by atoms with Crippen LogP contribution >= 0.6 is 0 Å². The normalized spacial score (nSPS) is 11.1. The van der Waals surface area contributed by atoms with Crippen molar-refractivity contribution < 1.29 is 22.8 Å². The predicted molar refractivity (Wildman–Crippen MR) is 126 cm³/mol. The zero-order chi connectivity index (χ0) is 24.0. The van der Waals surface area contributed by atoms with Crippen molar-refractivity contribution >= 4 is 39.3 Å². The molecule has 0 fully saturated rings. The average molecular weight is 455 g/mol. The minimum absolute atomic E-state index is 0.0746. The fraction of sp³-hybridized carbons (Fsp3) is 0.0741. The molecule has 168 valence electrons. The molecule has 6 nitrogen and oxygen atoms in total. The Hall–Kier alpha value is -4.52. The van der Waals surface area contributed by atoms with Crippen molar-refractivity contribution in [3.63, 3.8) is 0 Å². The fourth-order valence-electron chi connectivity index (χ4n) is 3.80. The third kappa shape index (κ3) is 3.57. The molecular formula is C27H18FNO5. The molecule has 0 unspecified atom stereocenters. The van der Waals surface area contributed by atoms with Crippen LogP contribution in [0.2, 0.25) is 0 Å². The van der Waals surface area contributed by atoms with Crippen molar-refractivity contribution in [2.75, 3.05) is 5.32 Å². The van der Waals surface area contributed by atoms with Crippen molar-refractivity contribution in [1.29, 1.82) is 0 Å². The number of aryl methyl sites for hydroxylation is 2. The van der Waals surface area contributed by atoms with E-state index in [0.29, 0.717) is 33.1 Å². The maximum Gasteiger partial charge on any atom is 0.291 e. The fourth-order valence-corrected chi connectivity index (χ4v) is 3.80. The maximum absolute atomic E-state index is 14.1. The van der Waals surface area contributed by atoms with Crippen LogP contribution in [0.1, 0.15) is 37.8 Å². The van der Waals surface area contributed by atoms with Gasteiger partial charge in [0.2, 0.25) is 5.78 Å². The molecule has 7 heteroatoms. The van der Waals surface area contributed by atoms with Crippen LogP contribution in [-0.4, -0.2) is 11.7 Å². The summed E-state index contributed by atoms with van der Waals surface area (Å²) in [6.07, 6.45) is 0. The van der Waals surface area contributed by atoms with Crippen LogP contribution in [0, 0.1) is 19.7 Å². The number of hydrogen-bond donors (Lipinski definition) is 1. The van der Waals surface area contributed by atoms with E-state index in [0.717, 1.165) is 12.1 Å². The average Bonchev–Trinajstić information content (AvgIpc) is 3.19. The zero-order valence-electron chi connectivity index (χ0n) is 18.3. The molecule has 5 rings (SSSR count). The highest BCUT2D eigenvalue weighted by Crippen LogP contribution is 2.33. The highest BCUT2D eigenvalue weighted by atomic mass is 19.1. The Bertz CT molecular complexity index is 1680. The third-order valence-electron chi connectivity index (χ3n) is 5.65. The lowest BCUT2D eigenvalue weighted by molar-refractivity contribution is 0.0997. The number of carbonyl (C=O) groups is 2. The number of furan rings is 1. The SMILES string of the molecule is Cc1ccc(C(=O)c2oc3ccccc3c2NC(=O)c2cc(=O)c3cccc(C)c3o2)cc1F. The van der Waals surface area contributed by atoms with Crippen LogP contribution < -0.4 is 10.7 Å². The maximum atomic E-state index is 14.1. The number of nitrogens with one attached hydrogen (secondary N) is 1. The van der Waals surface area contributed by atoms with Gasteiger partial charge < -0.3 is 14.2 Å². The molecule has 0 spiro atoms. The van der Waals surface area contributed by atoms with Crippen LogP contribution in [0.15, 0.2) is 80.4 Å². The third-order valence-corrected chi connectivity index (χ3v) is 5.65. The molecular weight excluding hydrogens is 437 g/mol. The number of fused-ring (bicyclic) bond motifs is 2. The van der Waals surface area contributed by atoms with Gasteiger partial charge in [-0.15, -0.1) is 0 Å². The second kappa shape index (κ2) is 8.12. The van der Waals surface area contributed by atoms with Crippen LogP contribution in [-0.2, 0) is 0 Å². The number of para-hydroxylation sites is 2. The summed E-state index contributed by atoms with van der Waals surface area (Å²) in [5.74, 6) is -2.21. The highest BCUT2D eigenvalue weighted by Gasteiger charge is 2.25. The Morgan fingerprint density at radius 1 is 0.853 bits per heavy atom. The lowest BCUT2D eigenvalue weighted by Crippen LogP contribution is -2.17. The Labute approximate surface area is 192 Å². The number of ketones is 1. The Morgan fingerprint density at radius 2 is 1.62 bits per heavy atom. The number of anilines is 1. The molecule has 0 radical (unpaired) electrons. The number of amides is 1. The van der Waals surface area contributed by atoms with Gasteiger partial charge in [0.15, 0.2) is 16.9 Å². The summed E-state index contributed by atoms with van der Waals surface area (Å²) in [7, 11) is 0. The van der Waals surface area contributed by atoms with E-state index in [2.05, 4.69) is 5.32 Å². The van der Waals surface area contributed by atoms with Crippen molar-refractivity contribution in [1.82, 2.24) is 0 Å². The molecule has 0 bridgehead atoms. The number of carbonyl (C=O) groups excluding carboxylic acids is 2. The van der Waals surface area contributed by atoms with Crippen molar-refractivity contribution in [3.05, 3.63) is 111 Å². The molecule has 1 N–H and O–H groups in total. The molecule has 0 saturated heterocycles.